The molecule has 0 fully saturated rings. The van der Waals surface area contributed by atoms with E-state index in [0.29, 0.717) is 28.5 Å². The van der Waals surface area contributed by atoms with Crippen LogP contribution in [0.2, 0.25) is 0 Å². The van der Waals surface area contributed by atoms with Crippen molar-refractivity contribution in [3.63, 3.8) is 0 Å². The minimum Gasteiger partial charge on any atom is -0.462 e. The minimum absolute atomic E-state index is 0.269. The molecule has 2 aliphatic rings. The summed E-state index contributed by atoms with van der Waals surface area (Å²) < 4.78 is 10.6. The highest BCUT2D eigenvalue weighted by Gasteiger charge is 2.34. The summed E-state index contributed by atoms with van der Waals surface area (Å²) in [6.07, 6.45) is 3.21. The Kier molecular flexibility index (Phi) is 5.90. The smallest absolute Gasteiger partial charge is 0.341 e. The van der Waals surface area contributed by atoms with Crippen molar-refractivity contribution in [2.75, 3.05) is 11.9 Å². The number of fused-ring (bicyclic) bond motifs is 2. The van der Waals surface area contributed by atoms with Gasteiger partial charge in [0.25, 0.3) is 5.91 Å². The second-order valence-electron chi connectivity index (χ2n) is 7.69. The number of hydrogen-bond acceptors (Lipinski definition) is 6. The summed E-state index contributed by atoms with van der Waals surface area (Å²) in [4.78, 5) is 39.0. The van der Waals surface area contributed by atoms with Gasteiger partial charge in [-0.1, -0.05) is 31.5 Å². The van der Waals surface area contributed by atoms with E-state index >= 15 is 0 Å². The van der Waals surface area contributed by atoms with E-state index in [0.717, 1.165) is 41.7 Å². The van der Waals surface area contributed by atoms with E-state index in [1.165, 1.54) is 11.3 Å². The molecule has 0 saturated carbocycles. The highest BCUT2D eigenvalue weighted by atomic mass is 32.1. The summed E-state index contributed by atoms with van der Waals surface area (Å²) in [5.74, 6) is -0.746. The summed E-state index contributed by atoms with van der Waals surface area (Å²) in [5.41, 5.74) is 2.73. The van der Waals surface area contributed by atoms with Crippen LogP contribution in [-0.4, -0.2) is 30.6 Å². The maximum absolute atomic E-state index is 13.0. The molecule has 1 aromatic carbocycles. The molecule has 0 radical (unpaired) electrons. The first-order valence-electron chi connectivity index (χ1n) is 10.4. The van der Waals surface area contributed by atoms with Gasteiger partial charge in [0.15, 0.2) is 6.10 Å². The summed E-state index contributed by atoms with van der Waals surface area (Å²) in [5, 5.41) is 3.36. The Bertz CT molecular complexity index is 995. The lowest BCUT2D eigenvalue weighted by atomic mass is 9.85. The van der Waals surface area contributed by atoms with Crippen LogP contribution in [0.3, 0.4) is 0 Å². The van der Waals surface area contributed by atoms with Gasteiger partial charge >= 0.3 is 11.9 Å². The predicted molar refractivity (Wildman–Crippen MR) is 114 cm³/mol. The maximum Gasteiger partial charge on any atom is 0.341 e. The second-order valence-corrected chi connectivity index (χ2v) is 8.80. The number of hydrogen-bond donors (Lipinski definition) is 1. The Morgan fingerprint density at radius 3 is 2.80 bits per heavy atom. The molecule has 1 aliphatic heterocycles. The van der Waals surface area contributed by atoms with Crippen LogP contribution in [0.5, 0.6) is 0 Å². The number of cyclic esters (lactones) is 1. The summed E-state index contributed by atoms with van der Waals surface area (Å²) in [7, 11) is 0. The third-order valence-corrected chi connectivity index (χ3v) is 7.02. The van der Waals surface area contributed by atoms with E-state index in [1.54, 1.807) is 19.1 Å². The second kappa shape index (κ2) is 8.60. The van der Waals surface area contributed by atoms with Crippen LogP contribution in [-0.2, 0) is 33.5 Å². The van der Waals surface area contributed by atoms with E-state index in [9.17, 15) is 14.4 Å². The van der Waals surface area contributed by atoms with Crippen molar-refractivity contribution in [1.29, 1.82) is 0 Å². The average molecular weight is 428 g/mol. The molecule has 1 amide bonds. The van der Waals surface area contributed by atoms with Crippen molar-refractivity contribution in [2.24, 2.45) is 5.92 Å². The molecular weight excluding hydrogens is 402 g/mol. The van der Waals surface area contributed by atoms with Crippen LogP contribution in [0.1, 0.15) is 63.4 Å². The van der Waals surface area contributed by atoms with Crippen molar-refractivity contribution < 1.29 is 23.9 Å². The summed E-state index contributed by atoms with van der Waals surface area (Å²) in [6.45, 7) is 4.21. The van der Waals surface area contributed by atoms with E-state index < -0.39 is 23.9 Å². The zero-order chi connectivity index (χ0) is 21.3. The Labute approximate surface area is 179 Å². The molecule has 2 atom stereocenters. The first kappa shape index (κ1) is 20.6. The van der Waals surface area contributed by atoms with E-state index in [2.05, 4.69) is 12.2 Å². The maximum atomic E-state index is 13.0. The van der Waals surface area contributed by atoms with Gasteiger partial charge in [-0.2, -0.15) is 0 Å². The van der Waals surface area contributed by atoms with Gasteiger partial charge in [0.05, 0.1) is 17.7 Å². The average Bonchev–Trinajstić information content (AvgIpc) is 3.10. The Morgan fingerprint density at radius 1 is 1.23 bits per heavy atom. The van der Waals surface area contributed by atoms with E-state index in [1.807, 2.05) is 12.1 Å². The first-order chi connectivity index (χ1) is 14.5. The number of rotatable bonds is 5. The summed E-state index contributed by atoms with van der Waals surface area (Å²) in [6, 6.07) is 7.13. The van der Waals surface area contributed by atoms with Crippen LogP contribution in [0.25, 0.3) is 0 Å². The van der Waals surface area contributed by atoms with Crippen LogP contribution < -0.4 is 5.32 Å². The molecule has 0 saturated heterocycles. The number of benzene rings is 1. The normalized spacial score (nSPS) is 20.0. The van der Waals surface area contributed by atoms with E-state index in [-0.39, 0.29) is 6.61 Å². The number of amides is 1. The quantitative estimate of drug-likeness (QED) is 0.725. The van der Waals surface area contributed by atoms with Crippen LogP contribution in [0.4, 0.5) is 5.00 Å². The van der Waals surface area contributed by atoms with Crippen LogP contribution in [0.15, 0.2) is 24.3 Å². The molecule has 1 aromatic heterocycles. The zero-order valence-electron chi connectivity index (χ0n) is 17.2. The number of ether oxygens (including phenoxy) is 2. The number of carbonyl (C=O) groups is 3. The fraction of sp³-hybridized carbons (Fsp3) is 0.435. The number of carbonyl (C=O) groups excluding carboxylic acids is 3. The van der Waals surface area contributed by atoms with Crippen LogP contribution in [0, 0.1) is 5.92 Å². The standard InChI is InChI=1S/C23H25NO5S/c1-3-13-9-10-16-18(11-13)30-21(19(16)23(27)28-4-2)24-20(25)17-12-14-7-5-6-8-15(14)22(26)29-17/h5-8,13,17H,3-4,9-12H2,1-2H3,(H,24,25)/t13-,17+/m1/s1. The van der Waals surface area contributed by atoms with Crippen molar-refractivity contribution in [2.45, 2.75) is 52.1 Å². The molecule has 1 N–H and O–H groups in total. The molecule has 4 rings (SSSR count). The highest BCUT2D eigenvalue weighted by Crippen LogP contribution is 2.41. The number of thiophene rings is 1. The third-order valence-electron chi connectivity index (χ3n) is 5.85. The lowest BCUT2D eigenvalue weighted by Crippen LogP contribution is -2.38. The molecule has 1 aliphatic carbocycles. The van der Waals surface area contributed by atoms with Crippen molar-refractivity contribution in [1.82, 2.24) is 0 Å². The van der Waals surface area contributed by atoms with Gasteiger partial charge in [-0.25, -0.2) is 9.59 Å². The van der Waals surface area contributed by atoms with Crippen LogP contribution >= 0.6 is 11.3 Å². The zero-order valence-corrected chi connectivity index (χ0v) is 18.0. The van der Waals surface area contributed by atoms with Crippen molar-refractivity contribution in [3.05, 3.63) is 51.4 Å². The fourth-order valence-electron chi connectivity index (χ4n) is 4.18. The van der Waals surface area contributed by atoms with Crippen molar-refractivity contribution in [3.8, 4) is 0 Å². The van der Waals surface area contributed by atoms with Gasteiger partial charge in [-0.3, -0.25) is 4.79 Å². The number of nitrogens with one attached hydrogen (secondary N) is 1. The predicted octanol–water partition coefficient (Wildman–Crippen LogP) is 4.16. The Hall–Kier alpha value is -2.67. The van der Waals surface area contributed by atoms with Gasteiger partial charge in [0, 0.05) is 11.3 Å². The molecular formula is C23H25NO5S. The van der Waals surface area contributed by atoms with Crippen molar-refractivity contribution >= 4 is 34.2 Å². The van der Waals surface area contributed by atoms with Gasteiger partial charge in [0.1, 0.15) is 5.00 Å². The Balaban J connectivity index is 1.60. The molecule has 30 heavy (non-hydrogen) atoms. The third kappa shape index (κ3) is 3.86. The van der Waals surface area contributed by atoms with Gasteiger partial charge < -0.3 is 14.8 Å². The molecule has 0 bridgehead atoms. The lowest BCUT2D eigenvalue weighted by Gasteiger charge is -2.23. The summed E-state index contributed by atoms with van der Waals surface area (Å²) >= 11 is 1.44. The number of esters is 2. The first-order valence-corrected chi connectivity index (χ1v) is 11.2. The molecule has 0 unspecified atom stereocenters. The Morgan fingerprint density at radius 2 is 2.03 bits per heavy atom. The molecule has 0 spiro atoms. The van der Waals surface area contributed by atoms with Gasteiger partial charge in [-0.05, 0) is 49.3 Å². The molecule has 2 aromatic rings. The van der Waals surface area contributed by atoms with Gasteiger partial charge in [0.2, 0.25) is 0 Å². The topological polar surface area (TPSA) is 81.7 Å². The minimum atomic E-state index is -0.926. The highest BCUT2D eigenvalue weighted by molar-refractivity contribution is 7.17. The fourth-order valence-corrected chi connectivity index (χ4v) is 5.53. The van der Waals surface area contributed by atoms with Gasteiger partial charge in [-0.15, -0.1) is 11.3 Å². The molecule has 7 heteroatoms. The van der Waals surface area contributed by atoms with E-state index in [4.69, 9.17) is 9.47 Å². The molecule has 6 nitrogen and oxygen atoms in total. The molecule has 158 valence electrons. The monoisotopic (exact) mass is 427 g/mol. The molecule has 2 heterocycles. The number of anilines is 1. The largest absolute Gasteiger partial charge is 0.462 e. The lowest BCUT2D eigenvalue weighted by molar-refractivity contribution is -0.125. The SMILES string of the molecule is CCOC(=O)c1c(NC(=O)[C@@H]2Cc3ccccc3C(=O)O2)sc2c1CC[C@@H](CC)C2.